The number of amides is 1. The molecular weight excluding hydrogens is 286 g/mol. The number of carbonyl (C=O) groups excluding carboxylic acids is 1. The highest BCUT2D eigenvalue weighted by atomic mass is 16.5. The predicted octanol–water partition coefficient (Wildman–Crippen LogP) is 3.92. The Balaban J connectivity index is 1.77. The van der Waals surface area contributed by atoms with Gasteiger partial charge in [-0.25, -0.2) is 0 Å². The van der Waals surface area contributed by atoms with E-state index in [2.05, 4.69) is 24.3 Å². The van der Waals surface area contributed by atoms with Gasteiger partial charge in [-0.2, -0.15) is 0 Å². The van der Waals surface area contributed by atoms with Crippen molar-refractivity contribution in [1.29, 1.82) is 0 Å². The lowest BCUT2D eigenvalue weighted by atomic mass is 10.1. The molecule has 0 radical (unpaired) electrons. The van der Waals surface area contributed by atoms with E-state index >= 15 is 0 Å². The number of nitrogens with two attached hydrogens (primary N) is 1. The van der Waals surface area contributed by atoms with Crippen LogP contribution in [0, 0.1) is 0 Å². The van der Waals surface area contributed by atoms with E-state index < -0.39 is 5.91 Å². The van der Waals surface area contributed by atoms with E-state index in [-0.39, 0.29) is 0 Å². The molecule has 0 aromatic heterocycles. The van der Waals surface area contributed by atoms with E-state index in [0.29, 0.717) is 6.61 Å². The minimum atomic E-state index is -0.466. The third-order valence-corrected chi connectivity index (χ3v) is 3.57. The molecule has 0 heterocycles. The van der Waals surface area contributed by atoms with Crippen LogP contribution in [0.15, 0.2) is 72.8 Å². The van der Waals surface area contributed by atoms with Gasteiger partial charge in [0.15, 0.2) is 0 Å². The van der Waals surface area contributed by atoms with Gasteiger partial charge in [0.25, 0.3) is 0 Å². The molecule has 2 N–H and O–H groups in total. The summed E-state index contributed by atoms with van der Waals surface area (Å²) < 4.78 is 5.90. The number of primary amides is 1. The van der Waals surface area contributed by atoms with Crippen molar-refractivity contribution < 1.29 is 9.53 Å². The fraction of sp³-hybridized carbons (Fsp3) is 0.0500. The van der Waals surface area contributed by atoms with E-state index in [1.54, 1.807) is 6.08 Å². The molecular formula is C20H17NO2. The third-order valence-electron chi connectivity index (χ3n) is 3.57. The second kappa shape index (κ2) is 6.79. The van der Waals surface area contributed by atoms with Gasteiger partial charge in [-0.05, 0) is 40.1 Å². The van der Waals surface area contributed by atoms with Crippen molar-refractivity contribution in [2.45, 2.75) is 6.61 Å². The monoisotopic (exact) mass is 303 g/mol. The first-order chi connectivity index (χ1) is 11.2. The van der Waals surface area contributed by atoms with Gasteiger partial charge in [0, 0.05) is 6.08 Å². The maximum absolute atomic E-state index is 10.8. The van der Waals surface area contributed by atoms with E-state index in [0.717, 1.165) is 16.9 Å². The van der Waals surface area contributed by atoms with Crippen LogP contribution in [0.25, 0.3) is 16.8 Å². The number of ether oxygens (including phenoxy) is 1. The highest BCUT2D eigenvalue weighted by molar-refractivity contribution is 5.90. The van der Waals surface area contributed by atoms with Crippen LogP contribution in [-0.2, 0) is 11.4 Å². The largest absolute Gasteiger partial charge is 0.489 e. The average molecular weight is 303 g/mol. The number of hydrogen-bond donors (Lipinski definition) is 1. The van der Waals surface area contributed by atoms with Gasteiger partial charge in [0.2, 0.25) is 5.91 Å². The summed E-state index contributed by atoms with van der Waals surface area (Å²) in [7, 11) is 0. The zero-order valence-corrected chi connectivity index (χ0v) is 12.6. The Morgan fingerprint density at radius 3 is 2.65 bits per heavy atom. The fourth-order valence-corrected chi connectivity index (χ4v) is 2.47. The van der Waals surface area contributed by atoms with Crippen LogP contribution in [0.1, 0.15) is 11.1 Å². The van der Waals surface area contributed by atoms with Crippen molar-refractivity contribution in [3.05, 3.63) is 83.9 Å². The molecule has 3 nitrogen and oxygen atoms in total. The molecule has 3 aromatic carbocycles. The van der Waals surface area contributed by atoms with E-state index in [4.69, 9.17) is 10.5 Å². The Labute approximate surface area is 135 Å². The lowest BCUT2D eigenvalue weighted by molar-refractivity contribution is -0.113. The molecule has 0 saturated carbocycles. The van der Waals surface area contributed by atoms with E-state index in [1.807, 2.05) is 42.5 Å². The Morgan fingerprint density at radius 2 is 1.78 bits per heavy atom. The standard InChI is InChI=1S/C20H17NO2/c21-20(22)12-11-15-5-3-9-18(13-15)23-14-17-8-4-7-16-6-1-2-10-19(16)17/h1-13H,14H2,(H2,21,22)/b12-11+. The van der Waals surface area contributed by atoms with Crippen LogP contribution in [0.4, 0.5) is 0 Å². The van der Waals surface area contributed by atoms with Gasteiger partial charge in [-0.3, -0.25) is 4.79 Å². The maximum atomic E-state index is 10.8. The van der Waals surface area contributed by atoms with E-state index in [1.165, 1.54) is 16.8 Å². The molecule has 3 heteroatoms. The summed E-state index contributed by atoms with van der Waals surface area (Å²) in [5.74, 6) is 0.289. The Bertz CT molecular complexity index is 863. The number of fused-ring (bicyclic) bond motifs is 1. The molecule has 23 heavy (non-hydrogen) atoms. The lowest BCUT2D eigenvalue weighted by Crippen LogP contribution is -2.05. The quantitative estimate of drug-likeness (QED) is 0.726. The molecule has 0 fully saturated rings. The molecule has 3 aromatic rings. The summed E-state index contributed by atoms with van der Waals surface area (Å²) in [5.41, 5.74) is 7.12. The minimum absolute atomic E-state index is 0.466. The number of benzene rings is 3. The van der Waals surface area contributed by atoms with Crippen molar-refractivity contribution in [1.82, 2.24) is 0 Å². The summed E-state index contributed by atoms with van der Waals surface area (Å²) in [5, 5.41) is 2.39. The second-order valence-electron chi connectivity index (χ2n) is 5.24. The summed E-state index contributed by atoms with van der Waals surface area (Å²) in [6, 6.07) is 22.0. The summed E-state index contributed by atoms with van der Waals surface area (Å²) in [6.45, 7) is 0.490. The molecule has 0 aliphatic heterocycles. The molecule has 0 spiro atoms. The zero-order chi connectivity index (χ0) is 16.1. The van der Waals surface area contributed by atoms with Crippen LogP contribution in [0.2, 0.25) is 0 Å². The minimum Gasteiger partial charge on any atom is -0.489 e. The molecule has 0 saturated heterocycles. The first-order valence-electron chi connectivity index (χ1n) is 7.39. The van der Waals surface area contributed by atoms with Crippen molar-refractivity contribution >= 4 is 22.8 Å². The molecule has 1 amide bonds. The maximum Gasteiger partial charge on any atom is 0.241 e. The number of carbonyl (C=O) groups is 1. The van der Waals surface area contributed by atoms with Crippen molar-refractivity contribution in [2.24, 2.45) is 5.73 Å². The first kappa shape index (κ1) is 14.9. The summed E-state index contributed by atoms with van der Waals surface area (Å²) in [4.78, 5) is 10.8. The Hall–Kier alpha value is -3.07. The highest BCUT2D eigenvalue weighted by Gasteiger charge is 2.02. The average Bonchev–Trinajstić information content (AvgIpc) is 2.58. The van der Waals surface area contributed by atoms with Crippen LogP contribution in [0.5, 0.6) is 5.75 Å². The second-order valence-corrected chi connectivity index (χ2v) is 5.24. The number of rotatable bonds is 5. The van der Waals surface area contributed by atoms with Crippen LogP contribution < -0.4 is 10.5 Å². The molecule has 0 unspecified atom stereocenters. The Kier molecular flexibility index (Phi) is 4.39. The third kappa shape index (κ3) is 3.77. The molecule has 114 valence electrons. The van der Waals surface area contributed by atoms with Gasteiger partial charge in [0.1, 0.15) is 12.4 Å². The van der Waals surface area contributed by atoms with Gasteiger partial charge >= 0.3 is 0 Å². The Morgan fingerprint density at radius 1 is 1.00 bits per heavy atom. The summed E-state index contributed by atoms with van der Waals surface area (Å²) >= 11 is 0. The molecule has 0 aliphatic carbocycles. The first-order valence-corrected chi connectivity index (χ1v) is 7.39. The highest BCUT2D eigenvalue weighted by Crippen LogP contribution is 2.21. The van der Waals surface area contributed by atoms with Gasteiger partial charge < -0.3 is 10.5 Å². The van der Waals surface area contributed by atoms with Crippen LogP contribution in [0.3, 0.4) is 0 Å². The van der Waals surface area contributed by atoms with Crippen LogP contribution >= 0.6 is 0 Å². The topological polar surface area (TPSA) is 52.3 Å². The van der Waals surface area contributed by atoms with Gasteiger partial charge in [-0.1, -0.05) is 54.6 Å². The predicted molar refractivity (Wildman–Crippen MR) is 93.0 cm³/mol. The van der Waals surface area contributed by atoms with Gasteiger partial charge in [-0.15, -0.1) is 0 Å². The van der Waals surface area contributed by atoms with Gasteiger partial charge in [0.05, 0.1) is 0 Å². The van der Waals surface area contributed by atoms with Crippen molar-refractivity contribution in [3.63, 3.8) is 0 Å². The zero-order valence-electron chi connectivity index (χ0n) is 12.6. The molecule has 0 aliphatic rings. The summed E-state index contributed by atoms with van der Waals surface area (Å²) in [6.07, 6.45) is 3.01. The fourth-order valence-electron chi connectivity index (χ4n) is 2.47. The van der Waals surface area contributed by atoms with Crippen molar-refractivity contribution in [2.75, 3.05) is 0 Å². The van der Waals surface area contributed by atoms with Crippen molar-refractivity contribution in [3.8, 4) is 5.75 Å². The smallest absolute Gasteiger partial charge is 0.241 e. The molecule has 0 bridgehead atoms. The molecule has 3 rings (SSSR count). The lowest BCUT2D eigenvalue weighted by Gasteiger charge is -2.09. The normalized spacial score (nSPS) is 11.0. The molecule has 0 atom stereocenters. The van der Waals surface area contributed by atoms with Crippen LogP contribution in [-0.4, -0.2) is 5.91 Å². The number of hydrogen-bond acceptors (Lipinski definition) is 2. The van der Waals surface area contributed by atoms with E-state index in [9.17, 15) is 4.79 Å². The SMILES string of the molecule is NC(=O)/C=C/c1cccc(OCc2cccc3ccccc23)c1.